The van der Waals surface area contributed by atoms with Gasteiger partial charge in [0.05, 0.1) is 52.8 Å². The van der Waals surface area contributed by atoms with Gasteiger partial charge in [-0.1, -0.05) is 85.2 Å². The van der Waals surface area contributed by atoms with E-state index in [1.807, 2.05) is 37.3 Å². The zero-order valence-electron chi connectivity index (χ0n) is 19.7. The third-order valence-corrected chi connectivity index (χ3v) is 6.65. The van der Waals surface area contributed by atoms with Gasteiger partial charge in [0.1, 0.15) is 0 Å². The third kappa shape index (κ3) is 6.47. The van der Waals surface area contributed by atoms with Crippen LogP contribution in [0.4, 0.5) is 0 Å². The number of nitrogens with one attached hydrogen (secondary N) is 1. The van der Waals surface area contributed by atoms with Crippen LogP contribution >= 0.6 is 23.4 Å². The first-order chi connectivity index (χ1) is 17.0. The molecule has 3 rings (SSSR count). The van der Waals surface area contributed by atoms with Crippen LogP contribution in [0.3, 0.4) is 0 Å². The van der Waals surface area contributed by atoms with Crippen LogP contribution in [0.15, 0.2) is 70.8 Å². The van der Waals surface area contributed by atoms with Gasteiger partial charge in [-0.3, -0.25) is 4.79 Å². The minimum Gasteiger partial charge on any atom is -0.465 e. The zero-order valence-corrected chi connectivity index (χ0v) is 21.2. The van der Waals surface area contributed by atoms with Gasteiger partial charge in [0, 0.05) is 5.02 Å². The van der Waals surface area contributed by atoms with Crippen molar-refractivity contribution in [3.05, 3.63) is 86.9 Å². The predicted octanol–water partition coefficient (Wildman–Crippen LogP) is 5.81. The zero-order chi connectivity index (χ0) is 25.2. The van der Waals surface area contributed by atoms with Gasteiger partial charge in [-0.2, -0.15) is 5.26 Å². The Kier molecular flexibility index (Phi) is 9.83. The molecule has 0 saturated carbocycles. The summed E-state index contributed by atoms with van der Waals surface area (Å²) in [5.41, 5.74) is 2.43. The number of halogens is 1. The van der Waals surface area contributed by atoms with Crippen LogP contribution in [-0.2, 0) is 19.1 Å². The van der Waals surface area contributed by atoms with Gasteiger partial charge < -0.3 is 14.8 Å². The Morgan fingerprint density at radius 1 is 1.09 bits per heavy atom. The number of nitriles is 1. The number of nitrogens with zero attached hydrogens (tertiary/aromatic N) is 1. The van der Waals surface area contributed by atoms with Gasteiger partial charge >= 0.3 is 11.9 Å². The summed E-state index contributed by atoms with van der Waals surface area (Å²) in [5.74, 6) is -1.67. The van der Waals surface area contributed by atoms with E-state index in [0.717, 1.165) is 18.4 Å². The Hall–Kier alpha value is -3.21. The van der Waals surface area contributed by atoms with Crippen molar-refractivity contribution in [3.8, 4) is 6.07 Å². The maximum atomic E-state index is 13.3. The van der Waals surface area contributed by atoms with Gasteiger partial charge in [-0.05, 0) is 30.5 Å². The average Bonchev–Trinajstić information content (AvgIpc) is 2.87. The van der Waals surface area contributed by atoms with Crippen LogP contribution in [0.5, 0.6) is 0 Å². The maximum Gasteiger partial charge on any atom is 0.337 e. The fourth-order valence-corrected chi connectivity index (χ4v) is 4.77. The van der Waals surface area contributed by atoms with Crippen molar-refractivity contribution in [3.63, 3.8) is 0 Å². The van der Waals surface area contributed by atoms with E-state index < -0.39 is 11.9 Å². The number of thioether (sulfide) groups is 1. The summed E-state index contributed by atoms with van der Waals surface area (Å²) in [5, 5.41) is 14.4. The SMILES string of the molecule is CCCCOC(=O)CSC1=C(C#N)C(c2ccccc2Cl)C(C(=O)OCC)=C(c2ccccc2)N1. The summed E-state index contributed by atoms with van der Waals surface area (Å²) in [4.78, 5) is 25.6. The monoisotopic (exact) mass is 510 g/mol. The first-order valence-corrected chi connectivity index (χ1v) is 12.8. The summed E-state index contributed by atoms with van der Waals surface area (Å²) in [6, 6.07) is 18.7. The highest BCUT2D eigenvalue weighted by atomic mass is 35.5. The highest BCUT2D eigenvalue weighted by Crippen LogP contribution is 2.45. The van der Waals surface area contributed by atoms with Crippen LogP contribution in [0.25, 0.3) is 5.70 Å². The van der Waals surface area contributed by atoms with E-state index in [-0.39, 0.29) is 29.5 Å². The molecule has 0 spiro atoms. The number of hydrogen-bond acceptors (Lipinski definition) is 7. The number of esters is 2. The van der Waals surface area contributed by atoms with Crippen LogP contribution in [-0.4, -0.2) is 30.9 Å². The Labute approximate surface area is 214 Å². The summed E-state index contributed by atoms with van der Waals surface area (Å²) in [6.07, 6.45) is 1.71. The standard InChI is InChI=1S/C27H27ClN2O4S/c1-3-5-15-34-22(31)17-35-26-20(16-29)23(19-13-9-10-14-21(19)28)24(27(32)33-4-2)25(30-26)18-11-7-6-8-12-18/h6-14,23,30H,3-5,15,17H2,1-2H3. The molecule has 8 heteroatoms. The molecule has 0 radical (unpaired) electrons. The molecule has 0 bridgehead atoms. The van der Waals surface area contributed by atoms with Gasteiger partial charge in [0.2, 0.25) is 0 Å². The Bertz CT molecular complexity index is 1170. The lowest BCUT2D eigenvalue weighted by Gasteiger charge is -2.31. The van der Waals surface area contributed by atoms with E-state index in [0.29, 0.717) is 27.9 Å². The van der Waals surface area contributed by atoms with Crippen molar-refractivity contribution >= 4 is 41.0 Å². The molecule has 1 N–H and O–H groups in total. The molecule has 0 saturated heterocycles. The molecule has 182 valence electrons. The number of rotatable bonds is 10. The molecule has 1 unspecified atom stereocenters. The lowest BCUT2D eigenvalue weighted by atomic mass is 9.81. The number of ether oxygens (including phenoxy) is 2. The van der Waals surface area contributed by atoms with E-state index in [2.05, 4.69) is 11.4 Å². The molecular formula is C27H27ClN2O4S. The second kappa shape index (κ2) is 13.0. The van der Waals surface area contributed by atoms with Crippen LogP contribution in [0.1, 0.15) is 43.7 Å². The molecule has 0 fully saturated rings. The van der Waals surface area contributed by atoms with E-state index in [4.69, 9.17) is 21.1 Å². The third-order valence-electron chi connectivity index (χ3n) is 5.32. The summed E-state index contributed by atoms with van der Waals surface area (Å²) in [6.45, 7) is 4.29. The molecule has 35 heavy (non-hydrogen) atoms. The van der Waals surface area contributed by atoms with Crippen molar-refractivity contribution < 1.29 is 19.1 Å². The molecule has 0 amide bonds. The molecule has 1 atom stereocenters. The van der Waals surface area contributed by atoms with Crippen molar-refractivity contribution in [2.45, 2.75) is 32.6 Å². The predicted molar refractivity (Wildman–Crippen MR) is 138 cm³/mol. The molecule has 1 aliphatic heterocycles. The molecule has 2 aromatic carbocycles. The van der Waals surface area contributed by atoms with Crippen LogP contribution in [0, 0.1) is 11.3 Å². The number of allylic oxidation sites excluding steroid dienone is 1. The summed E-state index contributed by atoms with van der Waals surface area (Å²) in [7, 11) is 0. The highest BCUT2D eigenvalue weighted by Gasteiger charge is 2.38. The molecule has 0 aromatic heterocycles. The summed E-state index contributed by atoms with van der Waals surface area (Å²) < 4.78 is 10.7. The molecule has 1 heterocycles. The smallest absolute Gasteiger partial charge is 0.337 e. The van der Waals surface area contributed by atoms with Crippen LogP contribution < -0.4 is 5.32 Å². The number of benzene rings is 2. The number of carbonyl (C=O) groups excluding carboxylic acids is 2. The number of dihydropyridines is 1. The van der Waals surface area contributed by atoms with Crippen LogP contribution in [0.2, 0.25) is 5.02 Å². The Balaban J connectivity index is 2.12. The Morgan fingerprint density at radius 2 is 1.80 bits per heavy atom. The van der Waals surface area contributed by atoms with E-state index in [1.54, 1.807) is 31.2 Å². The molecular weight excluding hydrogens is 484 g/mol. The van der Waals surface area contributed by atoms with E-state index >= 15 is 0 Å². The average molecular weight is 511 g/mol. The van der Waals surface area contributed by atoms with Gasteiger partial charge in [0.25, 0.3) is 0 Å². The first-order valence-electron chi connectivity index (χ1n) is 11.4. The minimum absolute atomic E-state index is 0.0171. The molecule has 0 aliphatic carbocycles. The van der Waals surface area contributed by atoms with Gasteiger partial charge in [-0.25, -0.2) is 4.79 Å². The maximum absolute atomic E-state index is 13.3. The normalized spacial score (nSPS) is 15.3. The second-order valence-corrected chi connectivity index (χ2v) is 9.06. The minimum atomic E-state index is -0.775. The highest BCUT2D eigenvalue weighted by molar-refractivity contribution is 8.03. The quantitative estimate of drug-likeness (QED) is 0.318. The first kappa shape index (κ1) is 26.4. The summed E-state index contributed by atoms with van der Waals surface area (Å²) >= 11 is 7.73. The number of carbonyl (C=O) groups is 2. The molecule has 2 aromatic rings. The van der Waals surface area contributed by atoms with E-state index in [9.17, 15) is 14.9 Å². The topological polar surface area (TPSA) is 88.4 Å². The Morgan fingerprint density at radius 3 is 2.46 bits per heavy atom. The fraction of sp³-hybridized carbons (Fsp3) is 0.296. The second-order valence-electron chi connectivity index (χ2n) is 7.67. The van der Waals surface area contributed by atoms with E-state index in [1.165, 1.54) is 11.8 Å². The lowest BCUT2D eigenvalue weighted by molar-refractivity contribution is -0.140. The number of unbranched alkanes of at least 4 members (excludes halogenated alkanes) is 1. The molecule has 6 nitrogen and oxygen atoms in total. The number of hydrogen-bond donors (Lipinski definition) is 1. The van der Waals surface area contributed by atoms with Crippen molar-refractivity contribution in [1.82, 2.24) is 5.32 Å². The van der Waals surface area contributed by atoms with Gasteiger partial charge in [0.15, 0.2) is 0 Å². The van der Waals surface area contributed by atoms with Crippen molar-refractivity contribution in [1.29, 1.82) is 5.26 Å². The van der Waals surface area contributed by atoms with Crippen molar-refractivity contribution in [2.75, 3.05) is 19.0 Å². The largest absolute Gasteiger partial charge is 0.465 e. The van der Waals surface area contributed by atoms with Crippen molar-refractivity contribution in [2.24, 2.45) is 0 Å². The molecule has 1 aliphatic rings. The van der Waals surface area contributed by atoms with Gasteiger partial charge in [-0.15, -0.1) is 0 Å². The lowest BCUT2D eigenvalue weighted by Crippen LogP contribution is -2.29. The fourth-order valence-electron chi connectivity index (χ4n) is 3.68.